The number of carbonyl (C=O) groups excluding carboxylic acids is 1. The molecule has 1 saturated carbocycles. The third kappa shape index (κ3) is 5.31. The number of nitrogens with one attached hydrogen (secondary N) is 3. The van der Waals surface area contributed by atoms with Crippen LogP contribution < -0.4 is 16.0 Å². The molecule has 34 heavy (non-hydrogen) atoms. The van der Waals surface area contributed by atoms with Gasteiger partial charge in [-0.1, -0.05) is 18.0 Å². The molecule has 9 nitrogen and oxygen atoms in total. The molecule has 5 rings (SSSR count). The lowest BCUT2D eigenvalue weighted by molar-refractivity contribution is 0.0481. The minimum atomic E-state index is -0.496. The Kier molecular flexibility index (Phi) is 6.43. The first kappa shape index (κ1) is 23.4. The Balaban J connectivity index is 1.20. The maximum Gasteiger partial charge on any atom is 0.407 e. The Morgan fingerprint density at radius 3 is 2.97 bits per heavy atom. The summed E-state index contributed by atoms with van der Waals surface area (Å²) < 4.78 is 13.4. The monoisotopic (exact) mass is 488 g/mol. The summed E-state index contributed by atoms with van der Waals surface area (Å²) in [6.07, 6.45) is 7.23. The molecule has 1 aliphatic carbocycles. The number of epoxide rings is 1. The van der Waals surface area contributed by atoms with Gasteiger partial charge in [0.2, 0.25) is 0 Å². The van der Waals surface area contributed by atoms with Gasteiger partial charge in [0.25, 0.3) is 0 Å². The average Bonchev–Trinajstić information content (AvgIpc) is 3.41. The second kappa shape index (κ2) is 9.36. The molecule has 4 atom stereocenters. The third-order valence-electron chi connectivity index (χ3n) is 6.60. The van der Waals surface area contributed by atoms with Crippen LogP contribution in [0.4, 0.5) is 10.6 Å². The van der Waals surface area contributed by atoms with Crippen molar-refractivity contribution in [3.63, 3.8) is 0 Å². The molecule has 0 spiro atoms. The van der Waals surface area contributed by atoms with E-state index < -0.39 is 5.60 Å². The van der Waals surface area contributed by atoms with Gasteiger partial charge in [-0.3, -0.25) is 4.68 Å². The van der Waals surface area contributed by atoms with Gasteiger partial charge in [0.05, 0.1) is 23.5 Å². The van der Waals surface area contributed by atoms with Crippen LogP contribution in [0.3, 0.4) is 0 Å². The van der Waals surface area contributed by atoms with E-state index >= 15 is 0 Å². The smallest absolute Gasteiger partial charge is 0.407 e. The number of fused-ring (bicyclic) bond motifs is 1. The van der Waals surface area contributed by atoms with Gasteiger partial charge in [-0.2, -0.15) is 5.10 Å². The van der Waals surface area contributed by atoms with E-state index in [1.54, 1.807) is 6.20 Å². The first-order chi connectivity index (χ1) is 16.3. The predicted octanol–water partition coefficient (Wildman–Crippen LogP) is 3.92. The molecular weight excluding hydrogens is 456 g/mol. The number of ether oxygens (including phenoxy) is 2. The number of halogens is 1. The Bertz CT molecular complexity index is 1050. The zero-order chi connectivity index (χ0) is 23.9. The molecule has 1 amide bonds. The number of anilines is 1. The summed E-state index contributed by atoms with van der Waals surface area (Å²) in [5.74, 6) is 1.11. The molecule has 0 bridgehead atoms. The average molecular weight is 489 g/mol. The lowest BCUT2D eigenvalue weighted by Gasteiger charge is -2.30. The second-order valence-electron chi connectivity index (χ2n) is 10.4. The van der Waals surface area contributed by atoms with Crippen LogP contribution >= 0.6 is 11.6 Å². The van der Waals surface area contributed by atoms with Crippen molar-refractivity contribution in [3.05, 3.63) is 29.2 Å². The van der Waals surface area contributed by atoms with E-state index in [1.807, 2.05) is 37.7 Å². The van der Waals surface area contributed by atoms with E-state index in [-0.39, 0.29) is 24.5 Å². The molecule has 2 fully saturated rings. The summed E-state index contributed by atoms with van der Waals surface area (Å²) >= 11 is 6.51. The van der Waals surface area contributed by atoms with Gasteiger partial charge in [-0.05, 0) is 52.0 Å². The van der Waals surface area contributed by atoms with Crippen LogP contribution in [-0.4, -0.2) is 51.4 Å². The fourth-order valence-electron chi connectivity index (χ4n) is 5.01. The van der Waals surface area contributed by atoms with E-state index in [0.29, 0.717) is 10.9 Å². The number of hydrogen-bond acceptors (Lipinski definition) is 7. The van der Waals surface area contributed by atoms with Crippen molar-refractivity contribution in [2.75, 3.05) is 11.9 Å². The molecule has 10 heteroatoms. The fraction of sp³-hybridized carbons (Fsp3) is 0.625. The van der Waals surface area contributed by atoms with Crippen molar-refractivity contribution >= 4 is 23.5 Å². The molecule has 0 radical (unpaired) electrons. The van der Waals surface area contributed by atoms with Crippen molar-refractivity contribution in [2.24, 2.45) is 5.92 Å². The zero-order valence-corrected chi connectivity index (χ0v) is 20.7. The number of rotatable bonds is 5. The van der Waals surface area contributed by atoms with Gasteiger partial charge >= 0.3 is 6.09 Å². The molecule has 4 heterocycles. The van der Waals surface area contributed by atoms with Crippen molar-refractivity contribution in [1.82, 2.24) is 25.4 Å². The quantitative estimate of drug-likeness (QED) is 0.547. The highest BCUT2D eigenvalue weighted by atomic mass is 35.5. The minimum Gasteiger partial charge on any atom is -0.444 e. The minimum absolute atomic E-state index is 0.0884. The molecule has 2 unspecified atom stereocenters. The molecular formula is C24H33ClN6O3. The van der Waals surface area contributed by atoms with Gasteiger partial charge in [0.1, 0.15) is 17.5 Å². The summed E-state index contributed by atoms with van der Waals surface area (Å²) in [4.78, 5) is 16.6. The number of carbonyl (C=O) groups is 1. The largest absolute Gasteiger partial charge is 0.444 e. The Morgan fingerprint density at radius 1 is 1.29 bits per heavy atom. The highest BCUT2D eigenvalue weighted by Crippen LogP contribution is 2.40. The number of aromatic nitrogens is 3. The maximum atomic E-state index is 12.2. The first-order valence-corrected chi connectivity index (χ1v) is 12.5. The van der Waals surface area contributed by atoms with Crippen LogP contribution in [0, 0.1) is 5.92 Å². The van der Waals surface area contributed by atoms with Crippen LogP contribution in [0.5, 0.6) is 0 Å². The topological polar surface area (TPSA) is 106 Å². The summed E-state index contributed by atoms with van der Waals surface area (Å²) in [5.41, 5.74) is 2.58. The molecule has 2 aromatic rings. The lowest BCUT2D eigenvalue weighted by Crippen LogP contribution is -2.42. The molecule has 3 aliphatic rings. The summed E-state index contributed by atoms with van der Waals surface area (Å²) in [6.45, 7) is 8.16. The number of hydrogen-bond donors (Lipinski definition) is 3. The van der Waals surface area contributed by atoms with Crippen LogP contribution in [0.25, 0.3) is 11.1 Å². The van der Waals surface area contributed by atoms with Crippen LogP contribution in [0.2, 0.25) is 5.02 Å². The SMILES string of the molecule is CC(C)(C)OC(=O)N[C@@H]1CCC[C@H](C2OC2Nc2cc(-c3cnn4c3CNCC4)c(Cl)cn2)C1. The third-order valence-corrected chi connectivity index (χ3v) is 6.90. The Labute approximate surface area is 204 Å². The number of nitrogens with zero attached hydrogens (tertiary/aromatic N) is 3. The normalized spacial score (nSPS) is 26.5. The highest BCUT2D eigenvalue weighted by Gasteiger charge is 2.46. The maximum absolute atomic E-state index is 12.2. The fourth-order valence-corrected chi connectivity index (χ4v) is 5.21. The van der Waals surface area contributed by atoms with Gasteiger partial charge in [0.15, 0.2) is 6.23 Å². The van der Waals surface area contributed by atoms with Crippen LogP contribution in [0.1, 0.15) is 52.1 Å². The molecule has 0 aromatic carbocycles. The number of alkyl carbamates (subject to hydrolysis) is 1. The van der Waals surface area contributed by atoms with Crippen molar-refractivity contribution in [1.29, 1.82) is 0 Å². The van der Waals surface area contributed by atoms with Crippen molar-refractivity contribution in [2.45, 2.75) is 83.5 Å². The number of amides is 1. The van der Waals surface area contributed by atoms with Gasteiger partial charge in [0, 0.05) is 36.5 Å². The van der Waals surface area contributed by atoms with E-state index in [0.717, 1.165) is 68.0 Å². The standard InChI is InChI=1S/C24H33ClN6O3/c1-24(2,3)34-23(32)29-15-6-4-5-14(9-15)21-22(33-21)30-20-10-16(18(25)12-27-20)17-11-28-31-8-7-26-13-19(17)31/h10-12,14-15,21-22,26H,4-9,13H2,1-3H3,(H,27,30)(H,29,32)/t14-,15+,21?,22?/m0/s1. The molecule has 2 aromatic heterocycles. The Hall–Kier alpha value is -2.36. The molecule has 2 aliphatic heterocycles. The molecule has 184 valence electrons. The lowest BCUT2D eigenvalue weighted by atomic mass is 9.83. The zero-order valence-electron chi connectivity index (χ0n) is 19.9. The highest BCUT2D eigenvalue weighted by molar-refractivity contribution is 6.33. The van der Waals surface area contributed by atoms with E-state index in [1.165, 1.54) is 0 Å². The molecule has 1 saturated heterocycles. The van der Waals surface area contributed by atoms with E-state index in [2.05, 4.69) is 26.0 Å². The van der Waals surface area contributed by atoms with Crippen molar-refractivity contribution in [3.8, 4) is 11.1 Å². The van der Waals surface area contributed by atoms with Gasteiger partial charge < -0.3 is 25.4 Å². The van der Waals surface area contributed by atoms with E-state index in [4.69, 9.17) is 21.1 Å². The number of pyridine rings is 1. The first-order valence-electron chi connectivity index (χ1n) is 12.1. The molecule has 3 N–H and O–H groups in total. The predicted molar refractivity (Wildman–Crippen MR) is 130 cm³/mol. The van der Waals surface area contributed by atoms with Gasteiger partial charge in [-0.15, -0.1) is 0 Å². The van der Waals surface area contributed by atoms with Crippen molar-refractivity contribution < 1.29 is 14.3 Å². The van der Waals surface area contributed by atoms with Crippen LogP contribution in [0.15, 0.2) is 18.5 Å². The second-order valence-corrected chi connectivity index (χ2v) is 10.8. The van der Waals surface area contributed by atoms with Crippen LogP contribution in [-0.2, 0) is 22.6 Å². The summed E-state index contributed by atoms with van der Waals surface area (Å²) in [7, 11) is 0. The van der Waals surface area contributed by atoms with Gasteiger partial charge in [-0.25, -0.2) is 9.78 Å². The Morgan fingerprint density at radius 2 is 2.15 bits per heavy atom. The summed E-state index contributed by atoms with van der Waals surface area (Å²) in [5, 5.41) is 14.9. The summed E-state index contributed by atoms with van der Waals surface area (Å²) in [6, 6.07) is 2.09. The van der Waals surface area contributed by atoms with E-state index in [9.17, 15) is 4.79 Å².